The molecule has 0 aromatic heterocycles. The largest absolute Gasteiger partial charge is 0.399 e. The van der Waals surface area contributed by atoms with Gasteiger partial charge >= 0.3 is 0 Å². The standard InChI is InChI=1S/C12H17N3O2.ClH/c1-15(2)11(16)6-7-14-12(17)9-4-3-5-10(13)8-9;/h3-5,8H,6-7,13H2,1-2H3,(H,14,17);1H. The minimum Gasteiger partial charge on any atom is -0.399 e. The molecule has 1 aromatic carbocycles. The lowest BCUT2D eigenvalue weighted by Crippen LogP contribution is -2.30. The summed E-state index contributed by atoms with van der Waals surface area (Å²) in [5.74, 6) is -0.235. The van der Waals surface area contributed by atoms with Crippen molar-refractivity contribution >= 4 is 29.9 Å². The highest BCUT2D eigenvalue weighted by atomic mass is 35.5. The van der Waals surface area contributed by atoms with Gasteiger partial charge in [-0.1, -0.05) is 6.07 Å². The highest BCUT2D eigenvalue weighted by molar-refractivity contribution is 5.95. The van der Waals surface area contributed by atoms with E-state index in [9.17, 15) is 9.59 Å². The van der Waals surface area contributed by atoms with E-state index in [1.54, 1.807) is 38.4 Å². The van der Waals surface area contributed by atoms with Gasteiger partial charge in [-0.25, -0.2) is 0 Å². The van der Waals surface area contributed by atoms with Crippen LogP contribution in [-0.4, -0.2) is 37.4 Å². The molecule has 0 unspecified atom stereocenters. The molecule has 2 amide bonds. The first-order valence-electron chi connectivity index (χ1n) is 5.34. The fourth-order valence-corrected chi connectivity index (χ4v) is 1.29. The third-order valence-corrected chi connectivity index (χ3v) is 2.27. The Hall–Kier alpha value is -1.75. The van der Waals surface area contributed by atoms with Crippen LogP contribution in [0.1, 0.15) is 16.8 Å². The first-order valence-corrected chi connectivity index (χ1v) is 5.34. The zero-order valence-electron chi connectivity index (χ0n) is 10.5. The number of hydrogen-bond acceptors (Lipinski definition) is 3. The molecule has 6 heteroatoms. The number of nitrogen functional groups attached to an aromatic ring is 1. The fraction of sp³-hybridized carbons (Fsp3) is 0.333. The van der Waals surface area contributed by atoms with Crippen LogP contribution in [0.4, 0.5) is 5.69 Å². The van der Waals surface area contributed by atoms with Crippen LogP contribution in [0, 0.1) is 0 Å². The maximum Gasteiger partial charge on any atom is 0.251 e. The summed E-state index contributed by atoms with van der Waals surface area (Å²) in [6.45, 7) is 0.324. The van der Waals surface area contributed by atoms with Crippen LogP contribution in [0.2, 0.25) is 0 Å². The molecule has 5 nitrogen and oxygen atoms in total. The molecule has 18 heavy (non-hydrogen) atoms. The van der Waals surface area contributed by atoms with Crippen molar-refractivity contribution in [1.29, 1.82) is 0 Å². The van der Waals surface area contributed by atoms with Gasteiger partial charge in [-0.05, 0) is 18.2 Å². The summed E-state index contributed by atoms with van der Waals surface area (Å²) < 4.78 is 0. The molecule has 0 atom stereocenters. The highest BCUT2D eigenvalue weighted by Gasteiger charge is 2.07. The van der Waals surface area contributed by atoms with Crippen LogP contribution in [0.5, 0.6) is 0 Å². The van der Waals surface area contributed by atoms with Crippen molar-refractivity contribution in [3.8, 4) is 0 Å². The van der Waals surface area contributed by atoms with Crippen molar-refractivity contribution in [3.05, 3.63) is 29.8 Å². The number of nitrogens with zero attached hydrogens (tertiary/aromatic N) is 1. The van der Waals surface area contributed by atoms with Crippen LogP contribution in [-0.2, 0) is 4.79 Å². The number of carbonyl (C=O) groups is 2. The summed E-state index contributed by atoms with van der Waals surface area (Å²) in [4.78, 5) is 24.4. The summed E-state index contributed by atoms with van der Waals surface area (Å²) in [6, 6.07) is 6.71. The Balaban J connectivity index is 0.00000289. The molecule has 0 saturated carbocycles. The van der Waals surface area contributed by atoms with E-state index in [4.69, 9.17) is 5.73 Å². The number of carbonyl (C=O) groups excluding carboxylic acids is 2. The van der Waals surface area contributed by atoms with Gasteiger partial charge in [-0.15, -0.1) is 12.4 Å². The molecule has 0 aliphatic carbocycles. The van der Waals surface area contributed by atoms with E-state index < -0.39 is 0 Å². The first-order chi connectivity index (χ1) is 8.00. The van der Waals surface area contributed by atoms with Crippen molar-refractivity contribution in [2.75, 3.05) is 26.4 Å². The second-order valence-corrected chi connectivity index (χ2v) is 3.92. The van der Waals surface area contributed by atoms with Crippen LogP contribution in [0.3, 0.4) is 0 Å². The zero-order chi connectivity index (χ0) is 12.8. The molecule has 0 bridgehead atoms. The maximum absolute atomic E-state index is 11.7. The summed E-state index contributed by atoms with van der Waals surface area (Å²) in [6.07, 6.45) is 0.293. The monoisotopic (exact) mass is 271 g/mol. The molecule has 0 saturated heterocycles. The predicted molar refractivity (Wildman–Crippen MR) is 73.7 cm³/mol. The molecular formula is C12H18ClN3O2. The van der Waals surface area contributed by atoms with Crippen LogP contribution >= 0.6 is 12.4 Å². The van der Waals surface area contributed by atoms with Gasteiger partial charge in [0.1, 0.15) is 0 Å². The van der Waals surface area contributed by atoms with E-state index in [-0.39, 0.29) is 24.2 Å². The Kier molecular flexibility index (Phi) is 6.82. The van der Waals surface area contributed by atoms with Gasteiger partial charge in [0.05, 0.1) is 0 Å². The number of anilines is 1. The van der Waals surface area contributed by atoms with Crippen LogP contribution < -0.4 is 11.1 Å². The van der Waals surface area contributed by atoms with Gasteiger partial charge in [-0.3, -0.25) is 9.59 Å². The lowest BCUT2D eigenvalue weighted by atomic mass is 10.2. The lowest BCUT2D eigenvalue weighted by molar-refractivity contribution is -0.128. The summed E-state index contributed by atoms with van der Waals surface area (Å²) >= 11 is 0. The number of nitrogens with one attached hydrogen (secondary N) is 1. The minimum absolute atomic E-state index is 0. The first kappa shape index (κ1) is 16.2. The molecule has 3 N–H and O–H groups in total. The molecule has 0 radical (unpaired) electrons. The molecule has 0 fully saturated rings. The van der Waals surface area contributed by atoms with Gasteiger partial charge in [-0.2, -0.15) is 0 Å². The Morgan fingerprint density at radius 3 is 2.56 bits per heavy atom. The average Bonchev–Trinajstić information content (AvgIpc) is 2.28. The fourth-order valence-electron chi connectivity index (χ4n) is 1.29. The molecule has 100 valence electrons. The van der Waals surface area contributed by atoms with E-state index in [1.807, 2.05) is 0 Å². The van der Waals surface area contributed by atoms with Crippen molar-refractivity contribution in [1.82, 2.24) is 10.2 Å². The minimum atomic E-state index is -0.219. The van der Waals surface area contributed by atoms with Crippen molar-refractivity contribution in [2.24, 2.45) is 0 Å². The van der Waals surface area contributed by atoms with Gasteiger partial charge in [0.2, 0.25) is 5.91 Å². The Morgan fingerprint density at radius 1 is 1.33 bits per heavy atom. The topological polar surface area (TPSA) is 75.4 Å². The van der Waals surface area contributed by atoms with E-state index in [2.05, 4.69) is 5.32 Å². The number of halogens is 1. The lowest BCUT2D eigenvalue weighted by Gasteiger charge is -2.10. The Bertz CT molecular complexity index is 422. The van der Waals surface area contributed by atoms with Crippen LogP contribution in [0.15, 0.2) is 24.3 Å². The molecule has 0 aliphatic heterocycles. The molecule has 0 aliphatic rings. The molecule has 1 rings (SSSR count). The van der Waals surface area contributed by atoms with Gasteiger partial charge in [0.25, 0.3) is 5.91 Å². The highest BCUT2D eigenvalue weighted by Crippen LogP contribution is 2.05. The number of nitrogens with two attached hydrogens (primary N) is 1. The number of rotatable bonds is 4. The summed E-state index contributed by atoms with van der Waals surface area (Å²) in [7, 11) is 3.37. The van der Waals surface area contributed by atoms with Gasteiger partial charge in [0, 0.05) is 38.3 Å². The number of amides is 2. The predicted octanol–water partition coefficient (Wildman–Crippen LogP) is 0.899. The van der Waals surface area contributed by atoms with Crippen molar-refractivity contribution < 1.29 is 9.59 Å². The Morgan fingerprint density at radius 2 is 2.00 bits per heavy atom. The van der Waals surface area contributed by atoms with E-state index in [1.165, 1.54) is 4.90 Å². The van der Waals surface area contributed by atoms with Crippen LogP contribution in [0.25, 0.3) is 0 Å². The second kappa shape index (κ2) is 7.55. The normalized spacial score (nSPS) is 9.22. The van der Waals surface area contributed by atoms with Crippen molar-refractivity contribution in [3.63, 3.8) is 0 Å². The zero-order valence-corrected chi connectivity index (χ0v) is 11.3. The van der Waals surface area contributed by atoms with Crippen molar-refractivity contribution in [2.45, 2.75) is 6.42 Å². The third-order valence-electron chi connectivity index (χ3n) is 2.27. The average molecular weight is 272 g/mol. The molecule has 0 spiro atoms. The molecular weight excluding hydrogens is 254 g/mol. The molecule has 0 heterocycles. The van der Waals surface area contributed by atoms with E-state index in [0.717, 1.165) is 0 Å². The quantitative estimate of drug-likeness (QED) is 0.799. The van der Waals surface area contributed by atoms with E-state index in [0.29, 0.717) is 24.2 Å². The summed E-state index contributed by atoms with van der Waals surface area (Å²) in [5, 5.41) is 2.67. The third kappa shape index (κ3) is 5.05. The van der Waals surface area contributed by atoms with Gasteiger partial charge in [0.15, 0.2) is 0 Å². The SMILES string of the molecule is CN(C)C(=O)CCNC(=O)c1cccc(N)c1.Cl. The second-order valence-electron chi connectivity index (χ2n) is 3.92. The number of hydrogen-bond donors (Lipinski definition) is 2. The molecule has 1 aromatic rings. The number of benzene rings is 1. The van der Waals surface area contributed by atoms with E-state index >= 15 is 0 Å². The smallest absolute Gasteiger partial charge is 0.251 e. The summed E-state index contributed by atoms with van der Waals surface area (Å²) in [5.41, 5.74) is 6.62. The Labute approximate surface area is 113 Å². The maximum atomic E-state index is 11.7. The van der Waals surface area contributed by atoms with Gasteiger partial charge < -0.3 is 16.0 Å².